The van der Waals surface area contributed by atoms with E-state index in [9.17, 15) is 9.59 Å². The Bertz CT molecular complexity index is 611. The maximum absolute atomic E-state index is 12.0. The van der Waals surface area contributed by atoms with Gasteiger partial charge >= 0.3 is 0 Å². The zero-order chi connectivity index (χ0) is 13.8. The first-order chi connectivity index (χ1) is 9.09. The Morgan fingerprint density at radius 1 is 0.947 bits per heavy atom. The average molecular weight is 318 g/mol. The molecule has 2 aromatic rings. The van der Waals surface area contributed by atoms with Crippen molar-refractivity contribution >= 4 is 27.6 Å². The molecular formula is C15H12BrNO2. The summed E-state index contributed by atoms with van der Waals surface area (Å²) >= 11 is 3.00. The summed E-state index contributed by atoms with van der Waals surface area (Å²) in [6, 6.07) is 16.9. The van der Waals surface area contributed by atoms with Gasteiger partial charge in [0, 0.05) is 5.56 Å². The number of benzene rings is 2. The molecule has 0 bridgehead atoms. The highest BCUT2D eigenvalue weighted by Crippen LogP contribution is 2.21. The number of ketones is 1. The van der Waals surface area contributed by atoms with Crippen molar-refractivity contribution < 1.29 is 9.59 Å². The number of hydrogen-bond acceptors (Lipinski definition) is 2. The molecule has 0 unspecified atom stereocenters. The van der Waals surface area contributed by atoms with Crippen LogP contribution < -0.4 is 5.73 Å². The highest BCUT2D eigenvalue weighted by molar-refractivity contribution is 9.10. The summed E-state index contributed by atoms with van der Waals surface area (Å²) in [6.07, 6.45) is 0. The van der Waals surface area contributed by atoms with Crippen LogP contribution in [0, 0.1) is 0 Å². The molecule has 2 N–H and O–H groups in total. The monoisotopic (exact) mass is 317 g/mol. The molecule has 0 fully saturated rings. The lowest BCUT2D eigenvalue weighted by Gasteiger charge is -2.07. The molecule has 2 aromatic carbocycles. The molecule has 0 aliphatic carbocycles. The van der Waals surface area contributed by atoms with Crippen LogP contribution in [0.5, 0.6) is 0 Å². The van der Waals surface area contributed by atoms with E-state index in [2.05, 4.69) is 15.9 Å². The molecule has 0 aliphatic heterocycles. The number of alkyl halides is 1. The zero-order valence-electron chi connectivity index (χ0n) is 10.0. The van der Waals surface area contributed by atoms with E-state index >= 15 is 0 Å². The van der Waals surface area contributed by atoms with Gasteiger partial charge in [0.05, 0.1) is 0 Å². The SMILES string of the molecule is NC(=O)[C@@H](Br)C(=O)c1cccc(-c2ccccc2)c1. The zero-order valence-corrected chi connectivity index (χ0v) is 11.6. The van der Waals surface area contributed by atoms with Crippen LogP contribution in [0.4, 0.5) is 0 Å². The van der Waals surface area contributed by atoms with Gasteiger partial charge in [-0.2, -0.15) is 0 Å². The Hall–Kier alpha value is -1.94. The van der Waals surface area contributed by atoms with Gasteiger partial charge in [-0.3, -0.25) is 9.59 Å². The lowest BCUT2D eigenvalue weighted by Crippen LogP contribution is -2.30. The molecule has 0 radical (unpaired) electrons. The van der Waals surface area contributed by atoms with Crippen LogP contribution in [0.3, 0.4) is 0 Å². The molecule has 96 valence electrons. The molecule has 0 heterocycles. The number of nitrogens with two attached hydrogens (primary N) is 1. The highest BCUT2D eigenvalue weighted by atomic mass is 79.9. The first-order valence-corrected chi connectivity index (χ1v) is 6.64. The number of carbonyl (C=O) groups excluding carboxylic acids is 2. The van der Waals surface area contributed by atoms with Crippen LogP contribution >= 0.6 is 15.9 Å². The summed E-state index contributed by atoms with van der Waals surface area (Å²) < 4.78 is 0. The fraction of sp³-hybridized carbons (Fsp3) is 0.0667. The Morgan fingerprint density at radius 2 is 1.58 bits per heavy atom. The van der Waals surface area contributed by atoms with E-state index in [1.165, 1.54) is 0 Å². The van der Waals surface area contributed by atoms with E-state index in [4.69, 9.17) is 5.73 Å². The lowest BCUT2D eigenvalue weighted by molar-refractivity contribution is -0.116. The van der Waals surface area contributed by atoms with Gasteiger partial charge in [-0.05, 0) is 17.2 Å². The second kappa shape index (κ2) is 5.80. The molecule has 0 saturated carbocycles. The van der Waals surface area contributed by atoms with Crippen LogP contribution in [0.15, 0.2) is 54.6 Å². The lowest BCUT2D eigenvalue weighted by atomic mass is 10.0. The number of hydrogen-bond donors (Lipinski definition) is 1. The van der Waals surface area contributed by atoms with E-state index in [0.29, 0.717) is 5.56 Å². The summed E-state index contributed by atoms with van der Waals surface area (Å²) in [5.74, 6) is -1.01. The summed E-state index contributed by atoms with van der Waals surface area (Å²) in [4.78, 5) is 22.1. The number of Topliss-reactive ketones (excluding diaryl/α,β-unsaturated/α-hetero) is 1. The predicted molar refractivity (Wildman–Crippen MR) is 78.1 cm³/mol. The first-order valence-electron chi connectivity index (χ1n) is 5.72. The van der Waals surface area contributed by atoms with Gasteiger partial charge in [-0.15, -0.1) is 0 Å². The minimum absolute atomic E-state index is 0.328. The van der Waals surface area contributed by atoms with Crippen molar-refractivity contribution in [1.82, 2.24) is 0 Å². The normalized spacial score (nSPS) is 11.8. The summed E-state index contributed by atoms with van der Waals surface area (Å²) in [6.45, 7) is 0. The van der Waals surface area contributed by atoms with Crippen LogP contribution in [-0.2, 0) is 4.79 Å². The Balaban J connectivity index is 2.35. The van der Waals surface area contributed by atoms with Crippen molar-refractivity contribution in [3.8, 4) is 11.1 Å². The number of carbonyl (C=O) groups is 2. The minimum atomic E-state index is -0.987. The van der Waals surface area contributed by atoms with E-state index in [-0.39, 0.29) is 5.78 Å². The standard InChI is InChI=1S/C15H12BrNO2/c16-13(15(17)19)14(18)12-8-4-7-11(9-12)10-5-2-1-3-6-10/h1-9,13H,(H2,17,19)/t13-/m0/s1. The molecule has 3 nitrogen and oxygen atoms in total. The molecule has 19 heavy (non-hydrogen) atoms. The fourth-order valence-electron chi connectivity index (χ4n) is 1.76. The molecule has 0 spiro atoms. The Kier molecular flexibility index (Phi) is 4.12. The second-order valence-corrected chi connectivity index (χ2v) is 4.99. The van der Waals surface area contributed by atoms with Crippen molar-refractivity contribution in [3.05, 3.63) is 60.2 Å². The first kappa shape index (κ1) is 13.5. The van der Waals surface area contributed by atoms with Crippen molar-refractivity contribution in [1.29, 1.82) is 0 Å². The van der Waals surface area contributed by atoms with E-state index in [0.717, 1.165) is 11.1 Å². The molecule has 1 amide bonds. The third kappa shape index (κ3) is 3.09. The maximum Gasteiger partial charge on any atom is 0.239 e. The van der Waals surface area contributed by atoms with Crippen LogP contribution in [-0.4, -0.2) is 16.5 Å². The molecular weight excluding hydrogens is 306 g/mol. The Morgan fingerprint density at radius 3 is 2.21 bits per heavy atom. The van der Waals surface area contributed by atoms with Crippen molar-refractivity contribution in [2.24, 2.45) is 5.73 Å². The smallest absolute Gasteiger partial charge is 0.239 e. The summed E-state index contributed by atoms with van der Waals surface area (Å²) in [5.41, 5.74) is 7.52. The molecule has 0 aromatic heterocycles. The topological polar surface area (TPSA) is 60.2 Å². The van der Waals surface area contributed by atoms with Gasteiger partial charge in [0.15, 0.2) is 10.6 Å². The molecule has 0 aliphatic rings. The number of halogens is 1. The van der Waals surface area contributed by atoms with Crippen LogP contribution in [0.2, 0.25) is 0 Å². The number of amides is 1. The van der Waals surface area contributed by atoms with Crippen molar-refractivity contribution in [3.63, 3.8) is 0 Å². The van der Waals surface area contributed by atoms with E-state index < -0.39 is 10.7 Å². The fourth-order valence-corrected chi connectivity index (χ4v) is 2.02. The van der Waals surface area contributed by atoms with Gasteiger partial charge in [0.25, 0.3) is 0 Å². The van der Waals surface area contributed by atoms with E-state index in [1.807, 2.05) is 36.4 Å². The van der Waals surface area contributed by atoms with Gasteiger partial charge in [0.2, 0.25) is 5.91 Å². The average Bonchev–Trinajstić information content (AvgIpc) is 2.46. The summed E-state index contributed by atoms with van der Waals surface area (Å²) in [5, 5.41) is 0. The van der Waals surface area contributed by atoms with Gasteiger partial charge in [-0.25, -0.2) is 0 Å². The maximum atomic E-state index is 12.0. The van der Waals surface area contributed by atoms with Gasteiger partial charge < -0.3 is 5.73 Å². The third-order valence-electron chi connectivity index (χ3n) is 2.73. The summed E-state index contributed by atoms with van der Waals surface area (Å²) in [7, 11) is 0. The van der Waals surface area contributed by atoms with Crippen LogP contribution in [0.1, 0.15) is 10.4 Å². The molecule has 4 heteroatoms. The quantitative estimate of drug-likeness (QED) is 0.535. The second-order valence-electron chi connectivity index (χ2n) is 4.08. The van der Waals surface area contributed by atoms with Crippen LogP contribution in [0.25, 0.3) is 11.1 Å². The van der Waals surface area contributed by atoms with Crippen molar-refractivity contribution in [2.75, 3.05) is 0 Å². The number of primary amides is 1. The molecule has 2 rings (SSSR count). The van der Waals surface area contributed by atoms with E-state index in [1.54, 1.807) is 18.2 Å². The highest BCUT2D eigenvalue weighted by Gasteiger charge is 2.22. The largest absolute Gasteiger partial charge is 0.368 e. The van der Waals surface area contributed by atoms with Gasteiger partial charge in [-0.1, -0.05) is 64.5 Å². The minimum Gasteiger partial charge on any atom is -0.368 e. The predicted octanol–water partition coefficient (Wildman–Crippen LogP) is 2.79. The number of rotatable bonds is 4. The van der Waals surface area contributed by atoms with Crippen molar-refractivity contribution in [2.45, 2.75) is 4.83 Å². The van der Waals surface area contributed by atoms with Gasteiger partial charge in [0.1, 0.15) is 0 Å². The molecule has 1 atom stereocenters. The Labute approximate surface area is 119 Å². The molecule has 0 saturated heterocycles. The third-order valence-corrected chi connectivity index (χ3v) is 3.60.